The van der Waals surface area contributed by atoms with E-state index in [4.69, 9.17) is 4.74 Å². The predicted octanol–water partition coefficient (Wildman–Crippen LogP) is 6.62. The molecule has 0 heterocycles. The van der Waals surface area contributed by atoms with Crippen molar-refractivity contribution in [2.75, 3.05) is 11.9 Å². The summed E-state index contributed by atoms with van der Waals surface area (Å²) in [5, 5.41) is 5.77. The molecule has 0 bridgehead atoms. The molecule has 176 valence electrons. The maximum atomic E-state index is 12.5. The predicted molar refractivity (Wildman–Crippen MR) is 142 cm³/mol. The van der Waals surface area contributed by atoms with Gasteiger partial charge in [-0.2, -0.15) is 0 Å². The molecule has 0 aliphatic rings. The van der Waals surface area contributed by atoms with Gasteiger partial charge in [0.05, 0.1) is 10.5 Å². The highest BCUT2D eigenvalue weighted by Crippen LogP contribution is 2.30. The Labute approximate surface area is 213 Å². The summed E-state index contributed by atoms with van der Waals surface area (Å²) in [6.07, 6.45) is 0. The molecular weight excluding hydrogens is 504 g/mol. The van der Waals surface area contributed by atoms with Crippen molar-refractivity contribution in [1.29, 1.82) is 0 Å². The average Bonchev–Trinajstić information content (AvgIpc) is 2.89. The van der Waals surface area contributed by atoms with Crippen LogP contribution in [0.3, 0.4) is 0 Å². The van der Waals surface area contributed by atoms with Gasteiger partial charge in [0.15, 0.2) is 6.61 Å². The molecule has 0 aliphatic heterocycles. The Balaban J connectivity index is 1.29. The Kier molecular flexibility index (Phi) is 7.95. The van der Waals surface area contributed by atoms with Crippen molar-refractivity contribution in [3.63, 3.8) is 0 Å². The number of carbonyl (C=O) groups excluding carboxylic acids is 2. The summed E-state index contributed by atoms with van der Waals surface area (Å²) in [6, 6.07) is 32.2. The summed E-state index contributed by atoms with van der Waals surface area (Å²) in [6.45, 7) is 1.80. The van der Waals surface area contributed by atoms with Gasteiger partial charge in [-0.05, 0) is 75.9 Å². The van der Waals surface area contributed by atoms with E-state index in [0.717, 1.165) is 21.2 Å². The highest BCUT2D eigenvalue weighted by atomic mass is 79.9. The van der Waals surface area contributed by atoms with E-state index in [-0.39, 0.29) is 24.5 Å². The minimum absolute atomic E-state index is 0.110. The number of benzene rings is 4. The minimum atomic E-state index is -0.293. The van der Waals surface area contributed by atoms with Gasteiger partial charge >= 0.3 is 0 Å². The minimum Gasteiger partial charge on any atom is -0.483 e. The van der Waals surface area contributed by atoms with Crippen molar-refractivity contribution >= 4 is 33.4 Å². The molecule has 4 aromatic rings. The molecule has 5 nitrogen and oxygen atoms in total. The second kappa shape index (κ2) is 11.5. The number of halogens is 1. The third-order valence-corrected chi connectivity index (χ3v) is 6.10. The van der Waals surface area contributed by atoms with Crippen molar-refractivity contribution in [3.8, 4) is 16.9 Å². The first kappa shape index (κ1) is 24.2. The lowest BCUT2D eigenvalue weighted by Gasteiger charge is -2.14. The zero-order valence-electron chi connectivity index (χ0n) is 19.2. The summed E-state index contributed by atoms with van der Waals surface area (Å²) < 4.78 is 6.46. The quantitative estimate of drug-likeness (QED) is 0.270. The lowest BCUT2D eigenvalue weighted by Crippen LogP contribution is -2.26. The third kappa shape index (κ3) is 6.58. The van der Waals surface area contributed by atoms with Gasteiger partial charge in [-0.3, -0.25) is 9.59 Å². The fourth-order valence-electron chi connectivity index (χ4n) is 3.58. The van der Waals surface area contributed by atoms with Gasteiger partial charge < -0.3 is 15.4 Å². The molecular formula is C29H25BrN2O3. The molecule has 4 aromatic carbocycles. The molecule has 0 spiro atoms. The fourth-order valence-corrected chi connectivity index (χ4v) is 4.07. The molecule has 1 unspecified atom stereocenters. The smallest absolute Gasteiger partial charge is 0.262 e. The average molecular weight is 529 g/mol. The first-order valence-corrected chi connectivity index (χ1v) is 12.0. The molecule has 35 heavy (non-hydrogen) atoms. The number of anilines is 1. The number of hydrogen-bond donors (Lipinski definition) is 2. The molecule has 0 saturated carbocycles. The lowest BCUT2D eigenvalue weighted by atomic mass is 10.1. The molecule has 4 rings (SSSR count). The summed E-state index contributed by atoms with van der Waals surface area (Å²) in [5.41, 5.74) is 4.29. The van der Waals surface area contributed by atoms with E-state index >= 15 is 0 Å². The van der Waals surface area contributed by atoms with Gasteiger partial charge in [-0.25, -0.2) is 0 Å². The zero-order valence-corrected chi connectivity index (χ0v) is 20.8. The molecule has 0 fully saturated rings. The number of hydrogen-bond acceptors (Lipinski definition) is 3. The summed E-state index contributed by atoms with van der Waals surface area (Å²) in [4.78, 5) is 24.9. The van der Waals surface area contributed by atoms with Crippen LogP contribution in [0.25, 0.3) is 11.1 Å². The van der Waals surface area contributed by atoms with Crippen LogP contribution in [0, 0.1) is 0 Å². The first-order chi connectivity index (χ1) is 17.0. The van der Waals surface area contributed by atoms with Crippen LogP contribution in [-0.2, 0) is 4.79 Å². The summed E-state index contributed by atoms with van der Waals surface area (Å²) in [5.74, 6) is 0.115. The molecule has 2 amide bonds. The Hall–Kier alpha value is -3.90. The van der Waals surface area contributed by atoms with Gasteiger partial charge in [0.2, 0.25) is 0 Å². The Morgan fingerprint density at radius 3 is 2.14 bits per heavy atom. The van der Waals surface area contributed by atoms with Crippen LogP contribution in [0.5, 0.6) is 5.75 Å². The molecule has 0 aromatic heterocycles. The number of rotatable bonds is 8. The van der Waals surface area contributed by atoms with Gasteiger partial charge in [-0.15, -0.1) is 0 Å². The van der Waals surface area contributed by atoms with E-state index in [0.29, 0.717) is 17.0 Å². The van der Waals surface area contributed by atoms with E-state index in [1.165, 1.54) is 0 Å². The lowest BCUT2D eigenvalue weighted by molar-refractivity contribution is -0.118. The maximum Gasteiger partial charge on any atom is 0.262 e. The van der Waals surface area contributed by atoms with Gasteiger partial charge in [0.1, 0.15) is 5.75 Å². The Bertz CT molecular complexity index is 1290. The number of amides is 2. The maximum absolute atomic E-state index is 12.5. The number of nitrogens with one attached hydrogen (secondary N) is 2. The fraction of sp³-hybridized carbons (Fsp3) is 0.103. The zero-order chi connectivity index (χ0) is 24.6. The van der Waals surface area contributed by atoms with Crippen LogP contribution in [0.2, 0.25) is 0 Å². The van der Waals surface area contributed by atoms with E-state index in [1.807, 2.05) is 85.8 Å². The van der Waals surface area contributed by atoms with E-state index in [9.17, 15) is 9.59 Å². The van der Waals surface area contributed by atoms with Crippen molar-refractivity contribution in [2.24, 2.45) is 0 Å². The standard InChI is InChI=1S/C29H25BrN2O3/c1-20(21-8-4-2-5-9-21)31-29(34)23-12-15-25(16-13-23)32-28(33)19-35-27-17-14-24(18-26(27)30)22-10-6-3-7-11-22/h2-18,20H,19H2,1H3,(H,31,34)(H,32,33). The van der Waals surface area contributed by atoms with Gasteiger partial charge in [0, 0.05) is 11.3 Å². The molecule has 1 atom stereocenters. The Morgan fingerprint density at radius 1 is 0.829 bits per heavy atom. The first-order valence-electron chi connectivity index (χ1n) is 11.2. The largest absolute Gasteiger partial charge is 0.483 e. The van der Waals surface area contributed by atoms with Crippen LogP contribution in [0.4, 0.5) is 5.69 Å². The normalized spacial score (nSPS) is 11.4. The topological polar surface area (TPSA) is 67.4 Å². The van der Waals surface area contributed by atoms with Crippen LogP contribution in [0.15, 0.2) is 108 Å². The van der Waals surface area contributed by atoms with E-state index in [1.54, 1.807) is 24.3 Å². The van der Waals surface area contributed by atoms with Crippen molar-refractivity contribution in [1.82, 2.24) is 5.32 Å². The molecule has 0 radical (unpaired) electrons. The molecule has 0 saturated heterocycles. The highest BCUT2D eigenvalue weighted by molar-refractivity contribution is 9.10. The second-order valence-electron chi connectivity index (χ2n) is 8.03. The van der Waals surface area contributed by atoms with Crippen LogP contribution in [0.1, 0.15) is 28.9 Å². The van der Waals surface area contributed by atoms with Crippen molar-refractivity contribution in [3.05, 3.63) is 119 Å². The number of carbonyl (C=O) groups is 2. The summed E-state index contributed by atoms with van der Waals surface area (Å²) >= 11 is 3.52. The van der Waals surface area contributed by atoms with Gasteiger partial charge in [0.25, 0.3) is 11.8 Å². The van der Waals surface area contributed by atoms with Crippen molar-refractivity contribution in [2.45, 2.75) is 13.0 Å². The van der Waals surface area contributed by atoms with Crippen LogP contribution >= 0.6 is 15.9 Å². The summed E-state index contributed by atoms with van der Waals surface area (Å²) in [7, 11) is 0. The Morgan fingerprint density at radius 2 is 1.49 bits per heavy atom. The molecule has 0 aliphatic carbocycles. The van der Waals surface area contributed by atoms with Crippen LogP contribution < -0.4 is 15.4 Å². The molecule has 2 N–H and O–H groups in total. The molecule has 6 heteroatoms. The van der Waals surface area contributed by atoms with Crippen molar-refractivity contribution < 1.29 is 14.3 Å². The van der Waals surface area contributed by atoms with E-state index in [2.05, 4.69) is 26.6 Å². The van der Waals surface area contributed by atoms with Gasteiger partial charge in [-0.1, -0.05) is 66.7 Å². The SMILES string of the molecule is CC(NC(=O)c1ccc(NC(=O)COc2ccc(-c3ccccc3)cc2Br)cc1)c1ccccc1. The second-order valence-corrected chi connectivity index (χ2v) is 8.89. The highest BCUT2D eigenvalue weighted by Gasteiger charge is 2.12. The monoisotopic (exact) mass is 528 g/mol. The third-order valence-electron chi connectivity index (χ3n) is 5.48. The number of ether oxygens (including phenoxy) is 1. The van der Waals surface area contributed by atoms with Crippen LogP contribution in [-0.4, -0.2) is 18.4 Å². The van der Waals surface area contributed by atoms with E-state index < -0.39 is 0 Å².